The van der Waals surface area contributed by atoms with Gasteiger partial charge in [0.05, 0.1) is 27.3 Å². The van der Waals surface area contributed by atoms with Gasteiger partial charge >= 0.3 is 0 Å². The number of hydrogen-bond acceptors (Lipinski definition) is 4. The molecule has 0 radical (unpaired) electrons. The summed E-state index contributed by atoms with van der Waals surface area (Å²) in [5, 5.41) is 3.27. The lowest BCUT2D eigenvalue weighted by Crippen LogP contribution is -2.13. The molecule has 0 spiro atoms. The van der Waals surface area contributed by atoms with Crippen molar-refractivity contribution in [3.05, 3.63) is 59.0 Å². The molecule has 0 fully saturated rings. The molecule has 0 unspecified atom stereocenters. The van der Waals surface area contributed by atoms with Crippen LogP contribution in [0.3, 0.4) is 0 Å². The van der Waals surface area contributed by atoms with E-state index >= 15 is 0 Å². The minimum Gasteiger partial charge on any atom is -0.307 e. The van der Waals surface area contributed by atoms with E-state index in [2.05, 4.69) is 20.3 Å². The van der Waals surface area contributed by atoms with Crippen LogP contribution in [0.15, 0.2) is 42.7 Å². The smallest absolute Gasteiger partial charge is 0.258 e. The van der Waals surface area contributed by atoms with Gasteiger partial charge in [-0.1, -0.05) is 11.6 Å². The first-order valence-electron chi connectivity index (χ1n) is 6.29. The summed E-state index contributed by atoms with van der Waals surface area (Å²) < 4.78 is 0. The Bertz CT molecular complexity index is 835. The lowest BCUT2D eigenvalue weighted by atomic mass is 10.2. The number of nitrogens with one attached hydrogen (secondary N) is 1. The zero-order valence-corrected chi connectivity index (χ0v) is 11.9. The van der Waals surface area contributed by atoms with Gasteiger partial charge in [-0.3, -0.25) is 14.8 Å². The predicted octanol–water partition coefficient (Wildman–Crippen LogP) is 3.24. The van der Waals surface area contributed by atoms with E-state index in [-0.39, 0.29) is 5.91 Å². The maximum absolute atomic E-state index is 12.2. The third kappa shape index (κ3) is 2.83. The van der Waals surface area contributed by atoms with Crippen LogP contribution in [0, 0.1) is 6.92 Å². The van der Waals surface area contributed by atoms with Crippen molar-refractivity contribution < 1.29 is 4.79 Å². The van der Waals surface area contributed by atoms with E-state index in [1.54, 1.807) is 37.4 Å². The maximum Gasteiger partial charge on any atom is 0.258 e. The van der Waals surface area contributed by atoms with Crippen molar-refractivity contribution in [2.75, 3.05) is 5.32 Å². The minimum atomic E-state index is -0.288. The highest BCUT2D eigenvalue weighted by atomic mass is 35.5. The normalized spacial score (nSPS) is 10.6. The Balaban J connectivity index is 1.87. The van der Waals surface area contributed by atoms with Gasteiger partial charge < -0.3 is 5.32 Å². The van der Waals surface area contributed by atoms with Gasteiger partial charge in [0.25, 0.3) is 5.91 Å². The van der Waals surface area contributed by atoms with E-state index in [1.165, 1.54) is 6.20 Å². The molecule has 5 nitrogen and oxygen atoms in total. The molecule has 0 saturated carbocycles. The second-order valence-electron chi connectivity index (χ2n) is 4.48. The fourth-order valence-corrected chi connectivity index (χ4v) is 1.98. The van der Waals surface area contributed by atoms with E-state index in [0.29, 0.717) is 27.6 Å². The SMILES string of the molecule is Cc1nc(NC(=O)c2cnc3cccnc3c2)ccc1Cl. The molecule has 0 bridgehead atoms. The number of rotatable bonds is 2. The fourth-order valence-electron chi connectivity index (χ4n) is 1.88. The van der Waals surface area contributed by atoms with Crippen LogP contribution in [0.5, 0.6) is 0 Å². The van der Waals surface area contributed by atoms with Crippen LogP contribution >= 0.6 is 11.6 Å². The predicted molar refractivity (Wildman–Crippen MR) is 81.5 cm³/mol. The summed E-state index contributed by atoms with van der Waals surface area (Å²) in [6.07, 6.45) is 3.18. The first-order valence-corrected chi connectivity index (χ1v) is 6.66. The number of halogens is 1. The van der Waals surface area contributed by atoms with Gasteiger partial charge in [0, 0.05) is 12.4 Å². The molecule has 104 valence electrons. The second-order valence-corrected chi connectivity index (χ2v) is 4.89. The highest BCUT2D eigenvalue weighted by Crippen LogP contribution is 2.16. The highest BCUT2D eigenvalue weighted by molar-refractivity contribution is 6.31. The molecule has 0 aromatic carbocycles. The first-order chi connectivity index (χ1) is 10.1. The molecule has 0 atom stereocenters. The largest absolute Gasteiger partial charge is 0.307 e. The van der Waals surface area contributed by atoms with Gasteiger partial charge in [-0.25, -0.2) is 4.98 Å². The van der Waals surface area contributed by atoms with Crippen molar-refractivity contribution in [1.82, 2.24) is 15.0 Å². The van der Waals surface area contributed by atoms with Gasteiger partial charge in [0.1, 0.15) is 5.82 Å². The molecule has 3 heterocycles. The molecule has 0 saturated heterocycles. The Morgan fingerprint density at radius 1 is 1.19 bits per heavy atom. The third-order valence-electron chi connectivity index (χ3n) is 2.98. The number of amides is 1. The van der Waals surface area contributed by atoms with E-state index < -0.39 is 0 Å². The number of anilines is 1. The number of aromatic nitrogens is 3. The summed E-state index contributed by atoms with van der Waals surface area (Å²) in [6.45, 7) is 1.78. The zero-order valence-electron chi connectivity index (χ0n) is 11.2. The quantitative estimate of drug-likeness (QED) is 0.788. The average Bonchev–Trinajstić information content (AvgIpc) is 2.50. The van der Waals surface area contributed by atoms with E-state index in [9.17, 15) is 4.79 Å². The van der Waals surface area contributed by atoms with Crippen molar-refractivity contribution >= 4 is 34.4 Å². The van der Waals surface area contributed by atoms with Crippen molar-refractivity contribution in [3.8, 4) is 0 Å². The molecular weight excluding hydrogens is 288 g/mol. The molecule has 3 aromatic heterocycles. The van der Waals surface area contributed by atoms with E-state index in [1.807, 2.05) is 6.07 Å². The van der Waals surface area contributed by atoms with Gasteiger partial charge in [-0.05, 0) is 37.3 Å². The number of aryl methyl sites for hydroxylation is 1. The van der Waals surface area contributed by atoms with Gasteiger partial charge in [0.2, 0.25) is 0 Å². The maximum atomic E-state index is 12.2. The third-order valence-corrected chi connectivity index (χ3v) is 3.38. The number of carbonyl (C=O) groups excluding carboxylic acids is 1. The average molecular weight is 299 g/mol. The zero-order chi connectivity index (χ0) is 14.8. The fraction of sp³-hybridized carbons (Fsp3) is 0.0667. The Morgan fingerprint density at radius 2 is 2.05 bits per heavy atom. The topological polar surface area (TPSA) is 67.8 Å². The van der Waals surface area contributed by atoms with Crippen LogP contribution in [-0.2, 0) is 0 Å². The number of carbonyl (C=O) groups is 1. The molecule has 0 aliphatic carbocycles. The molecule has 0 aliphatic heterocycles. The van der Waals surface area contributed by atoms with Crippen molar-refractivity contribution in [2.24, 2.45) is 0 Å². The molecule has 1 amide bonds. The van der Waals surface area contributed by atoms with Crippen molar-refractivity contribution in [2.45, 2.75) is 6.92 Å². The second kappa shape index (κ2) is 5.46. The van der Waals surface area contributed by atoms with Crippen LogP contribution in [0.4, 0.5) is 5.82 Å². The molecule has 3 rings (SSSR count). The van der Waals surface area contributed by atoms with Crippen LogP contribution in [0.1, 0.15) is 16.1 Å². The number of nitrogens with zero attached hydrogens (tertiary/aromatic N) is 3. The summed E-state index contributed by atoms with van der Waals surface area (Å²) in [7, 11) is 0. The van der Waals surface area contributed by atoms with E-state index in [4.69, 9.17) is 11.6 Å². The van der Waals surface area contributed by atoms with Crippen LogP contribution in [0.2, 0.25) is 5.02 Å². The summed E-state index contributed by atoms with van der Waals surface area (Å²) in [4.78, 5) is 24.8. The van der Waals surface area contributed by atoms with E-state index in [0.717, 1.165) is 5.52 Å². The lowest BCUT2D eigenvalue weighted by molar-refractivity contribution is 0.102. The molecule has 0 aliphatic rings. The minimum absolute atomic E-state index is 0.288. The number of hydrogen-bond donors (Lipinski definition) is 1. The standard InChI is InChI=1S/C15H11ClN4O/c1-9-11(16)4-5-14(19-9)20-15(21)10-7-13-12(18-8-10)3-2-6-17-13/h2-8H,1H3,(H,19,20,21). The summed E-state index contributed by atoms with van der Waals surface area (Å²) in [5.41, 5.74) is 2.50. The Hall–Kier alpha value is -2.53. The monoisotopic (exact) mass is 298 g/mol. The Kier molecular flexibility index (Phi) is 3.50. The van der Waals surface area contributed by atoms with Crippen molar-refractivity contribution in [1.29, 1.82) is 0 Å². The van der Waals surface area contributed by atoms with Gasteiger partial charge in [0.15, 0.2) is 0 Å². The van der Waals surface area contributed by atoms with Crippen LogP contribution in [0.25, 0.3) is 11.0 Å². The lowest BCUT2D eigenvalue weighted by Gasteiger charge is -2.06. The van der Waals surface area contributed by atoms with Crippen LogP contribution in [-0.4, -0.2) is 20.9 Å². The van der Waals surface area contributed by atoms with Gasteiger partial charge in [-0.15, -0.1) is 0 Å². The molecule has 1 N–H and O–H groups in total. The Morgan fingerprint density at radius 3 is 2.86 bits per heavy atom. The number of pyridine rings is 3. The number of fused-ring (bicyclic) bond motifs is 1. The highest BCUT2D eigenvalue weighted by Gasteiger charge is 2.09. The van der Waals surface area contributed by atoms with Crippen molar-refractivity contribution in [3.63, 3.8) is 0 Å². The molecule has 3 aromatic rings. The summed E-state index contributed by atoms with van der Waals surface area (Å²) >= 11 is 5.91. The van der Waals surface area contributed by atoms with Crippen LogP contribution < -0.4 is 5.32 Å². The van der Waals surface area contributed by atoms with Gasteiger partial charge in [-0.2, -0.15) is 0 Å². The molecule has 21 heavy (non-hydrogen) atoms. The Labute approximate surface area is 126 Å². The first kappa shape index (κ1) is 13.5. The molecule has 6 heteroatoms. The molecular formula is C15H11ClN4O. The summed E-state index contributed by atoms with van der Waals surface area (Å²) in [5.74, 6) is 0.160. The summed E-state index contributed by atoms with van der Waals surface area (Å²) in [6, 6.07) is 8.68.